The Morgan fingerprint density at radius 1 is 1.40 bits per heavy atom. The van der Waals surface area contributed by atoms with Gasteiger partial charge in [-0.2, -0.15) is 27.1 Å². The summed E-state index contributed by atoms with van der Waals surface area (Å²) >= 11 is 1.02. The minimum absolute atomic E-state index is 0.178. The quantitative estimate of drug-likeness (QED) is 0.362. The maximum absolute atomic E-state index is 12.8. The Hall–Kier alpha value is -1.32. The molecule has 0 saturated heterocycles. The van der Waals surface area contributed by atoms with Crippen molar-refractivity contribution in [3.05, 3.63) is 11.3 Å². The lowest BCUT2D eigenvalue weighted by Crippen LogP contribution is -2.10. The van der Waals surface area contributed by atoms with Crippen molar-refractivity contribution >= 4 is 17.3 Å². The van der Waals surface area contributed by atoms with E-state index in [9.17, 15) is 22.0 Å². The van der Waals surface area contributed by atoms with E-state index in [1.807, 2.05) is 0 Å². The van der Waals surface area contributed by atoms with Crippen LogP contribution in [0.5, 0.6) is 5.88 Å². The zero-order valence-electron chi connectivity index (χ0n) is 10.9. The number of hydrogen-bond acceptors (Lipinski definition) is 3. The van der Waals surface area contributed by atoms with Gasteiger partial charge < -0.3 is 4.74 Å². The van der Waals surface area contributed by atoms with Crippen LogP contribution in [0.4, 0.5) is 22.0 Å². The molecule has 0 saturated carbocycles. The largest absolute Gasteiger partial charge is 0.435 e. The average molecular weight is 318 g/mol. The van der Waals surface area contributed by atoms with Crippen LogP contribution in [-0.2, 0) is 19.0 Å². The molecule has 0 radical (unpaired) electrons. The van der Waals surface area contributed by atoms with Gasteiger partial charge in [0.15, 0.2) is 11.2 Å². The molecule has 1 aromatic rings. The number of aromatic nitrogens is 2. The molecular formula is C10H13F5N3OS+. The van der Waals surface area contributed by atoms with Crippen LogP contribution in [0.15, 0.2) is 0 Å². The van der Waals surface area contributed by atoms with Gasteiger partial charge in [0.25, 0.3) is 0 Å². The molecule has 0 aliphatic heterocycles. The first kappa shape index (κ1) is 16.7. The van der Waals surface area contributed by atoms with Crippen molar-refractivity contribution in [2.24, 2.45) is 7.05 Å². The SMILES string of the molecule is Cn1nc(C(F)(F)F)c(CSC=[N+](C)C)c1OC(F)F. The van der Waals surface area contributed by atoms with Crippen molar-refractivity contribution < 1.29 is 31.3 Å². The molecular weight excluding hydrogens is 305 g/mol. The van der Waals surface area contributed by atoms with Crippen molar-refractivity contribution in [1.29, 1.82) is 0 Å². The lowest BCUT2D eigenvalue weighted by Gasteiger charge is -2.08. The highest BCUT2D eigenvalue weighted by Crippen LogP contribution is 2.37. The topological polar surface area (TPSA) is 30.1 Å². The lowest BCUT2D eigenvalue weighted by atomic mass is 10.2. The predicted molar refractivity (Wildman–Crippen MR) is 64.3 cm³/mol. The van der Waals surface area contributed by atoms with Gasteiger partial charge in [-0.3, -0.25) is 0 Å². The van der Waals surface area contributed by atoms with Crippen molar-refractivity contribution in [1.82, 2.24) is 9.78 Å². The highest BCUT2D eigenvalue weighted by molar-refractivity contribution is 8.11. The van der Waals surface area contributed by atoms with E-state index in [1.54, 1.807) is 24.2 Å². The fraction of sp³-hybridized carbons (Fsp3) is 0.600. The number of ether oxygens (including phenoxy) is 1. The third kappa shape index (κ3) is 4.36. The molecule has 1 rings (SSSR count). The van der Waals surface area contributed by atoms with Gasteiger partial charge >= 0.3 is 12.8 Å². The maximum atomic E-state index is 12.8. The summed E-state index contributed by atoms with van der Waals surface area (Å²) in [7, 11) is 4.51. The normalized spacial score (nSPS) is 11.8. The van der Waals surface area contributed by atoms with Gasteiger partial charge in [0.05, 0.1) is 5.56 Å². The molecule has 20 heavy (non-hydrogen) atoms. The van der Waals surface area contributed by atoms with Crippen molar-refractivity contribution in [3.8, 4) is 5.88 Å². The Balaban J connectivity index is 3.16. The van der Waals surface area contributed by atoms with Gasteiger partial charge in [-0.05, 0) is 0 Å². The van der Waals surface area contributed by atoms with Crippen LogP contribution in [0.3, 0.4) is 0 Å². The standard InChI is InChI=1S/C10H13F5N3OS/c1-17(2)5-20-4-6-7(10(13,14)15)16-18(3)8(6)19-9(11)12/h5,9H,4H2,1-3H3/q+1. The third-order valence-electron chi connectivity index (χ3n) is 2.07. The van der Waals surface area contributed by atoms with Crippen molar-refractivity contribution in [3.63, 3.8) is 0 Å². The van der Waals surface area contributed by atoms with E-state index in [4.69, 9.17) is 0 Å². The van der Waals surface area contributed by atoms with E-state index in [-0.39, 0.29) is 5.75 Å². The fourth-order valence-corrected chi connectivity index (χ4v) is 2.21. The molecule has 0 unspecified atom stereocenters. The molecule has 0 bridgehead atoms. The van der Waals surface area contributed by atoms with Crippen LogP contribution in [0.1, 0.15) is 11.3 Å². The lowest BCUT2D eigenvalue weighted by molar-refractivity contribution is -0.456. The van der Waals surface area contributed by atoms with Crippen molar-refractivity contribution in [2.45, 2.75) is 18.5 Å². The van der Waals surface area contributed by atoms with Crippen LogP contribution in [0.2, 0.25) is 0 Å². The molecule has 1 aromatic heterocycles. The molecule has 0 fully saturated rings. The Kier molecular flexibility index (Phi) is 5.37. The molecule has 0 aromatic carbocycles. The minimum Gasteiger partial charge on any atom is -0.417 e. The second-order valence-electron chi connectivity index (χ2n) is 4.01. The summed E-state index contributed by atoms with van der Waals surface area (Å²) in [5, 5.41) is 3.23. The average Bonchev–Trinajstić information content (AvgIpc) is 2.56. The zero-order valence-corrected chi connectivity index (χ0v) is 11.7. The first-order valence-electron chi connectivity index (χ1n) is 5.32. The van der Waals surface area contributed by atoms with Crippen molar-refractivity contribution in [2.75, 3.05) is 14.1 Å². The molecule has 0 spiro atoms. The number of nitrogens with zero attached hydrogens (tertiary/aromatic N) is 3. The number of hydrogen-bond donors (Lipinski definition) is 0. The van der Waals surface area contributed by atoms with E-state index in [1.165, 1.54) is 0 Å². The second kappa shape index (κ2) is 6.42. The summed E-state index contributed by atoms with van der Waals surface area (Å²) in [5.74, 6) is -0.755. The van der Waals surface area contributed by atoms with Crippen LogP contribution in [-0.4, -0.2) is 40.6 Å². The first-order valence-corrected chi connectivity index (χ1v) is 6.37. The van der Waals surface area contributed by atoms with E-state index in [2.05, 4.69) is 9.84 Å². The third-order valence-corrected chi connectivity index (χ3v) is 3.10. The van der Waals surface area contributed by atoms with Gasteiger partial charge in [0.2, 0.25) is 5.88 Å². The number of rotatable bonds is 5. The fourth-order valence-electron chi connectivity index (χ4n) is 1.41. The van der Waals surface area contributed by atoms with Gasteiger partial charge in [-0.1, -0.05) is 11.8 Å². The number of aryl methyl sites for hydroxylation is 1. The van der Waals surface area contributed by atoms with Crippen LogP contribution >= 0.6 is 11.8 Å². The molecule has 0 aliphatic carbocycles. The van der Waals surface area contributed by atoms with Crippen LogP contribution in [0, 0.1) is 0 Å². The molecule has 0 amide bonds. The molecule has 10 heteroatoms. The molecule has 4 nitrogen and oxygen atoms in total. The summed E-state index contributed by atoms with van der Waals surface area (Å²) in [6.07, 6.45) is -4.73. The Bertz CT molecular complexity index is 494. The molecule has 0 N–H and O–H groups in total. The smallest absolute Gasteiger partial charge is 0.417 e. The Morgan fingerprint density at radius 3 is 2.45 bits per heavy atom. The number of halogens is 5. The summed E-state index contributed by atoms with van der Waals surface area (Å²) in [5.41, 5.74) is -0.0574. The second-order valence-corrected chi connectivity index (χ2v) is 4.85. The molecule has 114 valence electrons. The van der Waals surface area contributed by atoms with E-state index < -0.39 is 29.9 Å². The predicted octanol–water partition coefficient (Wildman–Crippen LogP) is 2.57. The maximum Gasteiger partial charge on any atom is 0.435 e. The summed E-state index contributed by atoms with van der Waals surface area (Å²) in [6, 6.07) is 0. The highest BCUT2D eigenvalue weighted by atomic mass is 32.2. The molecule has 0 atom stereocenters. The van der Waals surface area contributed by atoms with Gasteiger partial charge in [-0.25, -0.2) is 9.26 Å². The summed E-state index contributed by atoms with van der Waals surface area (Å²) in [6.45, 7) is -3.21. The Labute approximate surface area is 116 Å². The first-order chi connectivity index (χ1) is 9.12. The monoisotopic (exact) mass is 318 g/mol. The summed E-state index contributed by atoms with van der Waals surface area (Å²) in [4.78, 5) is 0. The zero-order chi connectivity index (χ0) is 15.5. The number of thioether (sulfide) groups is 1. The molecule has 1 heterocycles. The van der Waals surface area contributed by atoms with E-state index >= 15 is 0 Å². The minimum atomic E-state index is -4.73. The van der Waals surface area contributed by atoms with E-state index in [0.717, 1.165) is 18.8 Å². The van der Waals surface area contributed by atoms with Crippen LogP contribution in [0.25, 0.3) is 0 Å². The van der Waals surface area contributed by atoms with Gasteiger partial charge in [0.1, 0.15) is 14.1 Å². The summed E-state index contributed by atoms with van der Waals surface area (Å²) < 4.78 is 69.4. The number of alkyl halides is 5. The molecule has 0 aliphatic rings. The van der Waals surface area contributed by atoms with Gasteiger partial charge in [-0.15, -0.1) is 0 Å². The van der Waals surface area contributed by atoms with Crippen LogP contribution < -0.4 is 4.74 Å². The van der Waals surface area contributed by atoms with Gasteiger partial charge in [0, 0.05) is 12.8 Å². The highest BCUT2D eigenvalue weighted by Gasteiger charge is 2.39. The van der Waals surface area contributed by atoms with E-state index in [0.29, 0.717) is 4.68 Å². The Morgan fingerprint density at radius 2 is 2.00 bits per heavy atom.